The molecule has 2 aromatic carbocycles. The van der Waals surface area contributed by atoms with Crippen LogP contribution in [0.25, 0.3) is 0 Å². The maximum atomic E-state index is 13.2. The summed E-state index contributed by atoms with van der Waals surface area (Å²) >= 11 is 6.09. The van der Waals surface area contributed by atoms with Crippen LogP contribution in [-0.4, -0.2) is 12.9 Å². The van der Waals surface area contributed by atoms with Crippen molar-refractivity contribution >= 4 is 23.1 Å². The molecule has 0 saturated carbocycles. The first-order valence-corrected chi connectivity index (χ1v) is 6.45. The van der Waals surface area contributed by atoms with Crippen molar-refractivity contribution in [1.29, 1.82) is 5.41 Å². The molecule has 0 aliphatic carbocycles. The molecule has 0 atom stereocenters. The van der Waals surface area contributed by atoms with Gasteiger partial charge in [0, 0.05) is 19.3 Å². The Labute approximate surface area is 122 Å². The van der Waals surface area contributed by atoms with E-state index in [9.17, 15) is 4.39 Å². The minimum absolute atomic E-state index is 0.0864. The Morgan fingerprint density at radius 3 is 2.65 bits per heavy atom. The van der Waals surface area contributed by atoms with Crippen molar-refractivity contribution in [2.45, 2.75) is 6.54 Å². The minimum atomic E-state index is -0.270. The van der Waals surface area contributed by atoms with E-state index < -0.39 is 0 Å². The summed E-state index contributed by atoms with van der Waals surface area (Å²) in [7, 11) is 1.85. The van der Waals surface area contributed by atoms with Gasteiger partial charge in [-0.2, -0.15) is 0 Å². The summed E-state index contributed by atoms with van der Waals surface area (Å²) in [4.78, 5) is 1.89. The van der Waals surface area contributed by atoms with Gasteiger partial charge in [-0.3, -0.25) is 5.41 Å². The molecule has 3 nitrogen and oxygen atoms in total. The number of halogens is 2. The molecule has 0 heterocycles. The van der Waals surface area contributed by atoms with Gasteiger partial charge in [-0.05, 0) is 29.8 Å². The fourth-order valence-electron chi connectivity index (χ4n) is 2.09. The number of hydrogen-bond donors (Lipinski definition) is 2. The van der Waals surface area contributed by atoms with Crippen LogP contribution in [0.4, 0.5) is 10.1 Å². The Kier molecular flexibility index (Phi) is 4.25. The number of anilines is 1. The highest BCUT2D eigenvalue weighted by atomic mass is 35.5. The molecular formula is C15H15ClFN3. The Morgan fingerprint density at radius 2 is 2.00 bits per heavy atom. The molecule has 0 unspecified atom stereocenters. The zero-order valence-corrected chi connectivity index (χ0v) is 11.8. The third kappa shape index (κ3) is 3.08. The van der Waals surface area contributed by atoms with Crippen molar-refractivity contribution in [1.82, 2.24) is 0 Å². The Bertz CT molecular complexity index is 643. The molecule has 104 valence electrons. The van der Waals surface area contributed by atoms with E-state index in [0.29, 0.717) is 17.1 Å². The second-order valence-corrected chi connectivity index (χ2v) is 4.94. The number of benzene rings is 2. The predicted molar refractivity (Wildman–Crippen MR) is 81.0 cm³/mol. The van der Waals surface area contributed by atoms with Crippen LogP contribution < -0.4 is 10.6 Å². The maximum Gasteiger partial charge on any atom is 0.126 e. The van der Waals surface area contributed by atoms with Crippen LogP contribution >= 0.6 is 11.6 Å². The normalized spacial score (nSPS) is 10.3. The van der Waals surface area contributed by atoms with Crippen molar-refractivity contribution in [3.63, 3.8) is 0 Å². The van der Waals surface area contributed by atoms with E-state index in [1.54, 1.807) is 18.2 Å². The fourth-order valence-corrected chi connectivity index (χ4v) is 2.36. The van der Waals surface area contributed by atoms with Crippen molar-refractivity contribution in [3.05, 3.63) is 64.4 Å². The third-order valence-corrected chi connectivity index (χ3v) is 3.30. The first kappa shape index (κ1) is 14.3. The predicted octanol–water partition coefficient (Wildman–Crippen LogP) is 3.40. The molecule has 0 radical (unpaired) electrons. The van der Waals surface area contributed by atoms with Crippen LogP contribution in [0, 0.1) is 11.2 Å². The van der Waals surface area contributed by atoms with Crippen LogP contribution in [-0.2, 0) is 6.54 Å². The first-order valence-electron chi connectivity index (χ1n) is 6.07. The Hall–Kier alpha value is -2.07. The van der Waals surface area contributed by atoms with Crippen molar-refractivity contribution < 1.29 is 4.39 Å². The highest BCUT2D eigenvalue weighted by Crippen LogP contribution is 2.27. The lowest BCUT2D eigenvalue weighted by Gasteiger charge is -2.23. The summed E-state index contributed by atoms with van der Waals surface area (Å²) in [5, 5.41) is 8.06. The number of rotatable bonds is 4. The van der Waals surface area contributed by atoms with E-state index in [0.717, 1.165) is 11.3 Å². The van der Waals surface area contributed by atoms with E-state index in [4.69, 9.17) is 22.7 Å². The summed E-state index contributed by atoms with van der Waals surface area (Å²) in [5.41, 5.74) is 7.66. The molecule has 0 fully saturated rings. The highest BCUT2D eigenvalue weighted by Gasteiger charge is 2.13. The van der Waals surface area contributed by atoms with Gasteiger partial charge in [-0.25, -0.2) is 4.39 Å². The molecule has 0 bridgehead atoms. The van der Waals surface area contributed by atoms with E-state index in [2.05, 4.69) is 0 Å². The molecule has 0 spiro atoms. The number of nitrogens with zero attached hydrogens (tertiary/aromatic N) is 1. The summed E-state index contributed by atoms with van der Waals surface area (Å²) in [6.07, 6.45) is 0. The molecule has 0 amide bonds. The van der Waals surface area contributed by atoms with Gasteiger partial charge in [0.2, 0.25) is 0 Å². The van der Waals surface area contributed by atoms with Gasteiger partial charge in [-0.1, -0.05) is 29.8 Å². The number of nitrogens with one attached hydrogen (secondary N) is 1. The van der Waals surface area contributed by atoms with Gasteiger partial charge in [-0.15, -0.1) is 0 Å². The Morgan fingerprint density at radius 1 is 1.30 bits per heavy atom. The molecule has 0 aliphatic heterocycles. The molecule has 5 heteroatoms. The molecular weight excluding hydrogens is 277 g/mol. The third-order valence-electron chi connectivity index (χ3n) is 2.98. The highest BCUT2D eigenvalue weighted by molar-refractivity contribution is 6.34. The summed E-state index contributed by atoms with van der Waals surface area (Å²) in [5.74, 6) is -0.356. The average Bonchev–Trinajstić information content (AvgIpc) is 2.37. The quantitative estimate of drug-likeness (QED) is 0.670. The minimum Gasteiger partial charge on any atom is -0.384 e. The van der Waals surface area contributed by atoms with Crippen LogP contribution in [0.3, 0.4) is 0 Å². The van der Waals surface area contributed by atoms with Gasteiger partial charge >= 0.3 is 0 Å². The zero-order chi connectivity index (χ0) is 14.7. The van der Waals surface area contributed by atoms with E-state index in [-0.39, 0.29) is 11.7 Å². The molecule has 0 aromatic heterocycles. The van der Waals surface area contributed by atoms with Crippen LogP contribution in [0.15, 0.2) is 42.5 Å². The topological polar surface area (TPSA) is 53.1 Å². The first-order chi connectivity index (χ1) is 9.49. The summed E-state index contributed by atoms with van der Waals surface area (Å²) < 4.78 is 13.2. The van der Waals surface area contributed by atoms with Crippen LogP contribution in [0.2, 0.25) is 5.02 Å². The van der Waals surface area contributed by atoms with Crippen LogP contribution in [0.5, 0.6) is 0 Å². The van der Waals surface area contributed by atoms with Gasteiger partial charge in [0.05, 0.1) is 10.6 Å². The van der Waals surface area contributed by atoms with Gasteiger partial charge < -0.3 is 10.6 Å². The van der Waals surface area contributed by atoms with Gasteiger partial charge in [0.25, 0.3) is 0 Å². The van der Waals surface area contributed by atoms with Crippen LogP contribution in [0.1, 0.15) is 11.1 Å². The number of nitrogen functional groups attached to an aromatic ring is 1. The fraction of sp³-hybridized carbons (Fsp3) is 0.133. The lowest BCUT2D eigenvalue weighted by molar-refractivity contribution is 0.625. The smallest absolute Gasteiger partial charge is 0.126 e. The second kappa shape index (κ2) is 5.92. The summed E-state index contributed by atoms with van der Waals surface area (Å²) in [6, 6.07) is 11.7. The molecule has 3 N–H and O–H groups in total. The number of hydrogen-bond acceptors (Lipinski definition) is 2. The van der Waals surface area contributed by atoms with E-state index in [1.165, 1.54) is 12.1 Å². The monoisotopic (exact) mass is 291 g/mol. The lowest BCUT2D eigenvalue weighted by Crippen LogP contribution is -2.22. The molecule has 0 saturated heterocycles. The van der Waals surface area contributed by atoms with E-state index in [1.807, 2.05) is 24.1 Å². The van der Waals surface area contributed by atoms with Crippen molar-refractivity contribution in [3.8, 4) is 0 Å². The van der Waals surface area contributed by atoms with Crippen molar-refractivity contribution in [2.24, 2.45) is 5.73 Å². The standard InChI is InChI=1S/C15H15ClFN3/c1-20(9-10-4-2-5-11(17)8-10)13-7-3-6-12(16)14(13)15(18)19/h2-8H,9H2,1H3,(H3,18,19). The second-order valence-electron chi connectivity index (χ2n) is 4.53. The molecule has 2 rings (SSSR count). The zero-order valence-electron chi connectivity index (χ0n) is 11.0. The number of nitrogens with two attached hydrogens (primary N) is 1. The average molecular weight is 292 g/mol. The summed E-state index contributed by atoms with van der Waals surface area (Å²) in [6.45, 7) is 0.498. The SMILES string of the molecule is CN(Cc1cccc(F)c1)c1cccc(Cl)c1C(=N)N. The number of amidine groups is 1. The molecule has 0 aliphatic rings. The molecule has 20 heavy (non-hydrogen) atoms. The van der Waals surface area contributed by atoms with Gasteiger partial charge in [0.15, 0.2) is 0 Å². The Balaban J connectivity index is 2.32. The van der Waals surface area contributed by atoms with Crippen molar-refractivity contribution in [2.75, 3.05) is 11.9 Å². The lowest BCUT2D eigenvalue weighted by atomic mass is 10.1. The largest absolute Gasteiger partial charge is 0.384 e. The molecule has 2 aromatic rings. The van der Waals surface area contributed by atoms with Gasteiger partial charge in [0.1, 0.15) is 11.7 Å². The van der Waals surface area contributed by atoms with E-state index >= 15 is 0 Å². The maximum absolute atomic E-state index is 13.2.